The molecule has 3 aromatic rings. The molecule has 3 aromatic heterocycles. The minimum absolute atomic E-state index is 0.121. The van der Waals surface area contributed by atoms with Gasteiger partial charge in [0.25, 0.3) is 5.56 Å². The van der Waals surface area contributed by atoms with Crippen LogP contribution in [0.15, 0.2) is 35.5 Å². The highest BCUT2D eigenvalue weighted by molar-refractivity contribution is 6.04. The summed E-state index contributed by atoms with van der Waals surface area (Å²) in [4.78, 5) is 30.3. The van der Waals surface area contributed by atoms with Gasteiger partial charge >= 0.3 is 0 Å². The van der Waals surface area contributed by atoms with E-state index in [4.69, 9.17) is 14.2 Å². The molecular formula is C23H29BN6O4. The second-order valence-electron chi connectivity index (χ2n) is 8.77. The van der Waals surface area contributed by atoms with Crippen LogP contribution in [-0.4, -0.2) is 83.2 Å². The molecule has 0 N–H and O–H groups in total. The maximum atomic E-state index is 12.5. The molecule has 0 amide bonds. The summed E-state index contributed by atoms with van der Waals surface area (Å²) >= 11 is 0. The van der Waals surface area contributed by atoms with Crippen molar-refractivity contribution in [3.05, 3.63) is 46.8 Å². The van der Waals surface area contributed by atoms with Gasteiger partial charge in [-0.15, -0.1) is 0 Å². The van der Waals surface area contributed by atoms with Crippen LogP contribution < -0.4 is 19.8 Å². The Bertz CT molecular complexity index is 1210. The third-order valence-corrected chi connectivity index (χ3v) is 6.63. The molecule has 0 aromatic carbocycles. The number of methoxy groups -OCH3 is 1. The lowest BCUT2D eigenvalue weighted by Gasteiger charge is -2.37. The second-order valence-corrected chi connectivity index (χ2v) is 8.77. The van der Waals surface area contributed by atoms with Gasteiger partial charge in [0, 0.05) is 37.8 Å². The van der Waals surface area contributed by atoms with Gasteiger partial charge in [-0.25, -0.2) is 9.97 Å². The van der Waals surface area contributed by atoms with Crippen LogP contribution in [0.5, 0.6) is 17.2 Å². The summed E-state index contributed by atoms with van der Waals surface area (Å²) in [5, 5.41) is 0. The molecule has 34 heavy (non-hydrogen) atoms. The number of ether oxygens (including phenoxy) is 3. The van der Waals surface area contributed by atoms with Gasteiger partial charge in [-0.2, -0.15) is 0 Å². The van der Waals surface area contributed by atoms with E-state index in [1.807, 2.05) is 12.1 Å². The van der Waals surface area contributed by atoms with Gasteiger partial charge in [-0.3, -0.25) is 9.78 Å². The molecule has 10 nitrogen and oxygen atoms in total. The van der Waals surface area contributed by atoms with Crippen molar-refractivity contribution in [2.75, 3.05) is 40.0 Å². The number of fused-ring (bicyclic) bond motifs is 2. The van der Waals surface area contributed by atoms with E-state index in [2.05, 4.69) is 32.6 Å². The van der Waals surface area contributed by atoms with Gasteiger partial charge in [-0.1, -0.05) is 0 Å². The molecule has 0 unspecified atom stereocenters. The largest absolute Gasteiger partial charge is 0.495 e. The van der Waals surface area contributed by atoms with Gasteiger partial charge in [0.1, 0.15) is 19.0 Å². The van der Waals surface area contributed by atoms with Gasteiger partial charge in [0.05, 0.1) is 36.9 Å². The van der Waals surface area contributed by atoms with Crippen molar-refractivity contribution in [2.24, 2.45) is 0 Å². The topological polar surface area (TPSA) is 94.8 Å². The summed E-state index contributed by atoms with van der Waals surface area (Å²) in [5.74, 6) is 2.12. The summed E-state index contributed by atoms with van der Waals surface area (Å²) in [5.41, 5.74) is 2.12. The first-order valence-electron chi connectivity index (χ1n) is 11.7. The van der Waals surface area contributed by atoms with Crippen LogP contribution in [0.2, 0.25) is 0 Å². The van der Waals surface area contributed by atoms with E-state index < -0.39 is 0 Å². The number of rotatable bonds is 7. The Morgan fingerprint density at radius 2 is 1.82 bits per heavy atom. The third-order valence-electron chi connectivity index (χ3n) is 6.63. The van der Waals surface area contributed by atoms with Crippen molar-refractivity contribution in [1.29, 1.82) is 0 Å². The van der Waals surface area contributed by atoms with E-state index in [-0.39, 0.29) is 5.56 Å². The van der Waals surface area contributed by atoms with E-state index in [1.54, 1.807) is 24.1 Å². The summed E-state index contributed by atoms with van der Waals surface area (Å²) in [6.07, 6.45) is 6.86. The van der Waals surface area contributed by atoms with Gasteiger partial charge in [-0.05, 0) is 25.9 Å². The minimum atomic E-state index is -0.121. The first-order valence-corrected chi connectivity index (χ1v) is 11.7. The van der Waals surface area contributed by atoms with Crippen LogP contribution in [0.4, 0.5) is 0 Å². The monoisotopic (exact) mass is 464 g/mol. The van der Waals surface area contributed by atoms with E-state index >= 15 is 0 Å². The Morgan fingerprint density at radius 3 is 2.62 bits per heavy atom. The fourth-order valence-electron chi connectivity index (χ4n) is 4.66. The fourth-order valence-corrected chi connectivity index (χ4v) is 4.66. The van der Waals surface area contributed by atoms with Gasteiger partial charge in [0.15, 0.2) is 25.1 Å². The number of piperidine rings is 1. The van der Waals surface area contributed by atoms with Crippen LogP contribution in [0, 0.1) is 0 Å². The summed E-state index contributed by atoms with van der Waals surface area (Å²) in [6.45, 7) is 5.30. The highest BCUT2D eigenvalue weighted by atomic mass is 16.6. The summed E-state index contributed by atoms with van der Waals surface area (Å²) in [7, 11) is 3.74. The standard InChI is InChI=1S/C23H29BN6O4/c1-32-18-11-19-23(26-12-18)27-14-22(31)29(19)7-6-28-4-2-17(3-5-28)30(24)15-16-10-20-21(13-25-16)34-9-8-33-20/h10-14,17H,2-9,15,24H2,1H3. The van der Waals surface area contributed by atoms with E-state index in [9.17, 15) is 4.79 Å². The second kappa shape index (κ2) is 9.98. The molecule has 0 bridgehead atoms. The van der Waals surface area contributed by atoms with Crippen molar-refractivity contribution >= 4 is 19.1 Å². The first-order chi connectivity index (χ1) is 16.6. The number of aromatic nitrogens is 4. The molecule has 2 aliphatic heterocycles. The quantitative estimate of drug-likeness (QED) is 0.463. The zero-order chi connectivity index (χ0) is 23.5. The lowest BCUT2D eigenvalue weighted by molar-refractivity contribution is 0.153. The van der Waals surface area contributed by atoms with E-state index in [1.165, 1.54) is 6.20 Å². The molecule has 0 aliphatic carbocycles. The molecular weight excluding hydrogens is 435 g/mol. The van der Waals surface area contributed by atoms with Crippen LogP contribution in [0.3, 0.4) is 0 Å². The Labute approximate surface area is 198 Å². The van der Waals surface area contributed by atoms with Crippen LogP contribution >= 0.6 is 0 Å². The Balaban J connectivity index is 1.16. The SMILES string of the molecule is BN(Cc1cc2c(cn1)OCCO2)C1CCN(CCn2c(=O)cnc3ncc(OC)cc32)CC1. The number of likely N-dealkylation sites (tertiary alicyclic amines) is 1. The van der Waals surface area contributed by atoms with Crippen LogP contribution in [0.1, 0.15) is 18.5 Å². The average molecular weight is 464 g/mol. The lowest BCUT2D eigenvalue weighted by Crippen LogP contribution is -2.44. The Morgan fingerprint density at radius 1 is 1.06 bits per heavy atom. The smallest absolute Gasteiger partial charge is 0.269 e. The van der Waals surface area contributed by atoms with Gasteiger partial charge < -0.3 is 28.5 Å². The predicted molar refractivity (Wildman–Crippen MR) is 129 cm³/mol. The minimum Gasteiger partial charge on any atom is -0.495 e. The number of hydrogen-bond donors (Lipinski definition) is 0. The normalized spacial score (nSPS) is 16.8. The van der Waals surface area contributed by atoms with Crippen molar-refractivity contribution in [3.63, 3.8) is 0 Å². The van der Waals surface area contributed by atoms with Crippen molar-refractivity contribution in [3.8, 4) is 17.2 Å². The predicted octanol–water partition coefficient (Wildman–Crippen LogP) is 0.481. The Hall–Kier alpha value is -3.18. The molecule has 0 saturated carbocycles. The molecule has 0 spiro atoms. The molecule has 0 radical (unpaired) electrons. The molecule has 178 valence electrons. The molecule has 1 saturated heterocycles. The fraction of sp³-hybridized carbons (Fsp3) is 0.478. The van der Waals surface area contributed by atoms with Crippen molar-refractivity contribution in [1.82, 2.24) is 29.2 Å². The maximum absolute atomic E-state index is 12.5. The van der Waals surface area contributed by atoms with Crippen LogP contribution in [0.25, 0.3) is 11.2 Å². The average Bonchev–Trinajstić information content (AvgIpc) is 2.88. The van der Waals surface area contributed by atoms with Crippen LogP contribution in [-0.2, 0) is 13.1 Å². The molecule has 5 heterocycles. The number of hydrogen-bond acceptors (Lipinski definition) is 9. The molecule has 5 rings (SSSR count). The lowest BCUT2D eigenvalue weighted by atomic mass is 9.99. The highest BCUT2D eigenvalue weighted by Gasteiger charge is 2.23. The summed E-state index contributed by atoms with van der Waals surface area (Å²) < 4.78 is 18.3. The molecule has 11 heteroatoms. The van der Waals surface area contributed by atoms with E-state index in [0.717, 1.165) is 56.2 Å². The molecule has 0 atom stereocenters. The van der Waals surface area contributed by atoms with Crippen molar-refractivity contribution < 1.29 is 14.2 Å². The van der Waals surface area contributed by atoms with Crippen molar-refractivity contribution in [2.45, 2.75) is 32.0 Å². The van der Waals surface area contributed by atoms with Gasteiger partial charge in [0.2, 0.25) is 0 Å². The number of nitrogens with zero attached hydrogens (tertiary/aromatic N) is 6. The first kappa shape index (κ1) is 22.6. The zero-order valence-corrected chi connectivity index (χ0v) is 19.6. The maximum Gasteiger partial charge on any atom is 0.269 e. The Kier molecular flexibility index (Phi) is 6.64. The zero-order valence-electron chi connectivity index (χ0n) is 19.6. The third kappa shape index (κ3) is 4.85. The number of pyridine rings is 2. The highest BCUT2D eigenvalue weighted by Crippen LogP contribution is 2.30. The molecule has 2 aliphatic rings. The molecule has 1 fully saturated rings. The summed E-state index contributed by atoms with van der Waals surface area (Å²) in [6, 6.07) is 4.30. The van der Waals surface area contributed by atoms with E-state index in [0.29, 0.717) is 42.7 Å².